The van der Waals surface area contributed by atoms with Gasteiger partial charge in [0.2, 0.25) is 0 Å². The topological polar surface area (TPSA) is 50.9 Å². The Morgan fingerprint density at radius 3 is 2.71 bits per heavy atom. The van der Waals surface area contributed by atoms with Crippen LogP contribution in [0.4, 0.5) is 10.1 Å². The van der Waals surface area contributed by atoms with Gasteiger partial charge in [-0.3, -0.25) is 10.8 Å². The molecule has 17 heavy (non-hydrogen) atoms. The normalized spacial score (nSPS) is 11.2. The molecule has 0 unspecified atom stereocenters. The van der Waals surface area contributed by atoms with E-state index in [9.17, 15) is 4.39 Å². The third kappa shape index (κ3) is 2.12. The predicted octanol–water partition coefficient (Wildman–Crippen LogP) is 3.55. The zero-order valence-electron chi connectivity index (χ0n) is 9.59. The van der Waals surface area contributed by atoms with Crippen molar-refractivity contribution in [2.45, 2.75) is 19.8 Å². The van der Waals surface area contributed by atoms with Crippen LogP contribution in [0, 0.1) is 5.82 Å². The average Bonchev–Trinajstić information content (AvgIpc) is 2.32. The maximum absolute atomic E-state index is 13.8. The van der Waals surface area contributed by atoms with Crippen LogP contribution in [-0.2, 0) is 0 Å². The van der Waals surface area contributed by atoms with E-state index in [1.807, 2.05) is 13.8 Å². The fourth-order valence-corrected chi connectivity index (χ4v) is 2.12. The second kappa shape index (κ2) is 4.58. The van der Waals surface area contributed by atoms with Crippen molar-refractivity contribution in [2.24, 2.45) is 5.84 Å². The molecule has 0 amide bonds. The number of hydrazine groups is 1. The van der Waals surface area contributed by atoms with Crippen LogP contribution in [0.3, 0.4) is 0 Å². The van der Waals surface area contributed by atoms with E-state index in [1.54, 1.807) is 12.1 Å². The number of hydrogen-bond acceptors (Lipinski definition) is 3. The van der Waals surface area contributed by atoms with Gasteiger partial charge >= 0.3 is 0 Å². The van der Waals surface area contributed by atoms with E-state index in [0.29, 0.717) is 16.6 Å². The predicted molar refractivity (Wildman–Crippen MR) is 71.3 cm³/mol. The van der Waals surface area contributed by atoms with Gasteiger partial charge in [0, 0.05) is 10.2 Å². The van der Waals surface area contributed by atoms with Gasteiger partial charge in [-0.2, -0.15) is 0 Å². The molecule has 0 saturated heterocycles. The van der Waals surface area contributed by atoms with Gasteiger partial charge in [-0.15, -0.1) is 0 Å². The molecule has 2 aromatic rings. The number of nitrogens with zero attached hydrogens (tertiary/aromatic N) is 1. The van der Waals surface area contributed by atoms with Gasteiger partial charge in [-0.25, -0.2) is 4.39 Å². The summed E-state index contributed by atoms with van der Waals surface area (Å²) < 4.78 is 14.5. The summed E-state index contributed by atoms with van der Waals surface area (Å²) in [7, 11) is 0. The molecule has 3 nitrogen and oxygen atoms in total. The fraction of sp³-hybridized carbons (Fsp3) is 0.250. The van der Waals surface area contributed by atoms with Crippen molar-refractivity contribution in [1.82, 2.24) is 4.98 Å². The largest absolute Gasteiger partial charge is 0.323 e. The van der Waals surface area contributed by atoms with E-state index < -0.39 is 0 Å². The molecule has 1 aromatic carbocycles. The lowest BCUT2D eigenvalue weighted by atomic mass is 10.1. The summed E-state index contributed by atoms with van der Waals surface area (Å²) in [6, 6.07) is 4.82. The quantitative estimate of drug-likeness (QED) is 0.658. The van der Waals surface area contributed by atoms with Crippen LogP contribution in [0.2, 0.25) is 0 Å². The summed E-state index contributed by atoms with van der Waals surface area (Å²) in [6.07, 6.45) is 0. The van der Waals surface area contributed by atoms with Crippen molar-refractivity contribution < 1.29 is 4.39 Å². The van der Waals surface area contributed by atoms with Gasteiger partial charge in [-0.1, -0.05) is 13.8 Å². The number of nitrogens with one attached hydrogen (secondary N) is 1. The Bertz CT molecular complexity index is 569. The summed E-state index contributed by atoms with van der Waals surface area (Å²) in [5, 5.41) is 0.409. The number of benzene rings is 1. The molecule has 5 heteroatoms. The first-order valence-electron chi connectivity index (χ1n) is 5.30. The maximum atomic E-state index is 13.8. The smallest absolute Gasteiger partial charge is 0.134 e. The fourth-order valence-electron chi connectivity index (χ4n) is 1.70. The van der Waals surface area contributed by atoms with E-state index in [-0.39, 0.29) is 11.7 Å². The first kappa shape index (κ1) is 12.3. The Morgan fingerprint density at radius 2 is 2.12 bits per heavy atom. The van der Waals surface area contributed by atoms with Gasteiger partial charge in [0.25, 0.3) is 0 Å². The molecule has 0 radical (unpaired) electrons. The minimum Gasteiger partial charge on any atom is -0.323 e. The highest BCUT2D eigenvalue weighted by Crippen LogP contribution is 2.32. The molecule has 3 N–H and O–H groups in total. The molecule has 0 atom stereocenters. The van der Waals surface area contributed by atoms with Gasteiger partial charge < -0.3 is 5.43 Å². The summed E-state index contributed by atoms with van der Waals surface area (Å²) >= 11 is 3.38. The number of anilines is 1. The van der Waals surface area contributed by atoms with Crippen molar-refractivity contribution in [1.29, 1.82) is 0 Å². The molecular weight excluding hydrogens is 285 g/mol. The Hall–Kier alpha value is -1.20. The first-order valence-corrected chi connectivity index (χ1v) is 6.09. The Kier molecular flexibility index (Phi) is 3.31. The van der Waals surface area contributed by atoms with E-state index in [0.717, 1.165) is 10.2 Å². The van der Waals surface area contributed by atoms with E-state index in [1.165, 1.54) is 6.07 Å². The lowest BCUT2D eigenvalue weighted by molar-refractivity contribution is 0.639. The maximum Gasteiger partial charge on any atom is 0.134 e. The van der Waals surface area contributed by atoms with Crippen LogP contribution in [0.25, 0.3) is 10.9 Å². The number of nitrogens with two attached hydrogens (primary N) is 1. The molecule has 1 aromatic heterocycles. The highest BCUT2D eigenvalue weighted by Gasteiger charge is 2.13. The molecule has 0 saturated carbocycles. The van der Waals surface area contributed by atoms with E-state index in [4.69, 9.17) is 5.84 Å². The Morgan fingerprint density at radius 1 is 1.41 bits per heavy atom. The number of rotatable bonds is 2. The summed E-state index contributed by atoms with van der Waals surface area (Å²) in [5.74, 6) is 5.36. The summed E-state index contributed by atoms with van der Waals surface area (Å²) in [6.45, 7) is 4.06. The highest BCUT2D eigenvalue weighted by molar-refractivity contribution is 9.10. The highest BCUT2D eigenvalue weighted by atomic mass is 79.9. The van der Waals surface area contributed by atoms with Gasteiger partial charge in [0.15, 0.2) is 0 Å². The SMILES string of the molecule is CC(C)c1cc(NN)c2c(F)ccc(Br)c2n1. The summed E-state index contributed by atoms with van der Waals surface area (Å²) in [4.78, 5) is 4.46. The number of halogens is 2. The second-order valence-corrected chi connectivity index (χ2v) is 5.00. The van der Waals surface area contributed by atoms with Crippen molar-refractivity contribution in [2.75, 3.05) is 5.43 Å². The molecule has 0 spiro atoms. The molecule has 0 aliphatic heterocycles. The minimum absolute atomic E-state index is 0.252. The van der Waals surface area contributed by atoms with Crippen LogP contribution in [0.15, 0.2) is 22.7 Å². The molecule has 2 rings (SSSR count). The third-order valence-electron chi connectivity index (χ3n) is 2.63. The van der Waals surface area contributed by atoms with Gasteiger partial charge in [0.1, 0.15) is 5.82 Å². The van der Waals surface area contributed by atoms with Gasteiger partial charge in [-0.05, 0) is 40.0 Å². The van der Waals surface area contributed by atoms with Crippen LogP contribution in [0.1, 0.15) is 25.5 Å². The van der Waals surface area contributed by atoms with Crippen LogP contribution >= 0.6 is 15.9 Å². The van der Waals surface area contributed by atoms with Crippen LogP contribution in [0.5, 0.6) is 0 Å². The molecule has 0 aliphatic carbocycles. The van der Waals surface area contributed by atoms with Crippen molar-refractivity contribution >= 4 is 32.5 Å². The zero-order valence-corrected chi connectivity index (χ0v) is 11.2. The minimum atomic E-state index is -0.334. The van der Waals surface area contributed by atoms with Crippen molar-refractivity contribution in [3.63, 3.8) is 0 Å². The molecule has 0 bridgehead atoms. The average molecular weight is 298 g/mol. The number of hydrogen-bond donors (Lipinski definition) is 2. The Balaban J connectivity index is 2.87. The second-order valence-electron chi connectivity index (χ2n) is 4.15. The van der Waals surface area contributed by atoms with Crippen molar-refractivity contribution in [3.05, 3.63) is 34.2 Å². The molecule has 1 heterocycles. The van der Waals surface area contributed by atoms with E-state index in [2.05, 4.69) is 26.3 Å². The molecule has 90 valence electrons. The Labute approximate surface area is 107 Å². The van der Waals surface area contributed by atoms with Crippen LogP contribution < -0.4 is 11.3 Å². The number of nitrogen functional groups attached to an aromatic ring is 1. The first-order chi connectivity index (χ1) is 8.04. The zero-order chi connectivity index (χ0) is 12.6. The third-order valence-corrected chi connectivity index (χ3v) is 3.27. The number of pyridine rings is 1. The van der Waals surface area contributed by atoms with E-state index >= 15 is 0 Å². The molecule has 0 aliphatic rings. The standard InChI is InChI=1S/C12H13BrFN3/c1-6(2)9-5-10(17-15)11-8(14)4-3-7(13)12(11)16-9/h3-6H,15H2,1-2H3,(H,16,17). The summed E-state index contributed by atoms with van der Waals surface area (Å²) in [5.41, 5.74) is 4.54. The molecule has 0 fully saturated rings. The molecular formula is C12H13BrFN3. The van der Waals surface area contributed by atoms with Crippen molar-refractivity contribution in [3.8, 4) is 0 Å². The van der Waals surface area contributed by atoms with Crippen LogP contribution in [-0.4, -0.2) is 4.98 Å². The number of aromatic nitrogens is 1. The lowest BCUT2D eigenvalue weighted by Crippen LogP contribution is -2.09. The monoisotopic (exact) mass is 297 g/mol. The van der Waals surface area contributed by atoms with Gasteiger partial charge in [0.05, 0.1) is 16.6 Å². The number of fused-ring (bicyclic) bond motifs is 1. The lowest BCUT2D eigenvalue weighted by Gasteiger charge is -2.12.